The van der Waals surface area contributed by atoms with Crippen LogP contribution in [0, 0.1) is 6.92 Å². The van der Waals surface area contributed by atoms with Gasteiger partial charge in [-0.2, -0.15) is 4.98 Å². The molecule has 32 heavy (non-hydrogen) atoms. The van der Waals surface area contributed by atoms with Crippen molar-refractivity contribution in [2.75, 3.05) is 24.5 Å². The number of nitrogens with one attached hydrogen (secondary N) is 1. The summed E-state index contributed by atoms with van der Waals surface area (Å²) in [5.41, 5.74) is 3.28. The molecule has 4 aromatic rings. The van der Waals surface area contributed by atoms with Crippen LogP contribution in [0.15, 0.2) is 62.3 Å². The Kier molecular flexibility index (Phi) is 6.34. The van der Waals surface area contributed by atoms with Crippen molar-refractivity contribution in [2.24, 2.45) is 0 Å². The smallest absolute Gasteiger partial charge is 0.408 e. The van der Waals surface area contributed by atoms with Crippen LogP contribution in [0.4, 0.5) is 5.69 Å². The lowest BCUT2D eigenvalue weighted by molar-refractivity contribution is 0.0909. The summed E-state index contributed by atoms with van der Waals surface area (Å²) in [5.74, 6) is -0.859. The van der Waals surface area contributed by atoms with Gasteiger partial charge in [-0.25, -0.2) is 4.79 Å². The van der Waals surface area contributed by atoms with E-state index in [4.69, 9.17) is 8.94 Å². The highest BCUT2D eigenvalue weighted by Crippen LogP contribution is 2.16. The topological polar surface area (TPSA) is 106 Å². The van der Waals surface area contributed by atoms with E-state index in [1.165, 1.54) is 4.57 Å². The molecule has 1 N–H and O–H groups in total. The van der Waals surface area contributed by atoms with Crippen molar-refractivity contribution in [3.05, 3.63) is 76.4 Å². The van der Waals surface area contributed by atoms with E-state index in [9.17, 15) is 9.59 Å². The highest BCUT2D eigenvalue weighted by atomic mass is 16.5. The van der Waals surface area contributed by atoms with E-state index in [0.29, 0.717) is 17.6 Å². The zero-order valence-corrected chi connectivity index (χ0v) is 18.1. The lowest BCUT2D eigenvalue weighted by Crippen LogP contribution is -2.30. The van der Waals surface area contributed by atoms with Crippen LogP contribution >= 0.6 is 0 Å². The molecule has 0 aliphatic heterocycles. The number of carbonyl (C=O) groups excluding carboxylic acids is 1. The predicted molar refractivity (Wildman–Crippen MR) is 120 cm³/mol. The first-order valence-electron chi connectivity index (χ1n) is 10.6. The van der Waals surface area contributed by atoms with Crippen molar-refractivity contribution in [3.63, 3.8) is 0 Å². The Labute approximate surface area is 184 Å². The first-order valence-corrected chi connectivity index (χ1v) is 10.6. The quantitative estimate of drug-likeness (QED) is 0.403. The maximum atomic E-state index is 12.4. The van der Waals surface area contributed by atoms with Crippen molar-refractivity contribution < 1.29 is 13.7 Å². The monoisotopic (exact) mass is 435 g/mol. The summed E-state index contributed by atoms with van der Waals surface area (Å²) in [6.07, 6.45) is 0.769. The van der Waals surface area contributed by atoms with E-state index in [-0.39, 0.29) is 18.3 Å². The van der Waals surface area contributed by atoms with Gasteiger partial charge in [0, 0.05) is 25.3 Å². The molecule has 0 atom stereocenters. The molecule has 2 heterocycles. The fraction of sp³-hybridized carbons (Fsp3) is 0.304. The van der Waals surface area contributed by atoms with Crippen molar-refractivity contribution in [1.29, 1.82) is 0 Å². The Morgan fingerprint density at radius 1 is 1.19 bits per heavy atom. The molecular weight excluding hydrogens is 410 g/mol. The molecule has 4 rings (SSSR count). The lowest BCUT2D eigenvalue weighted by Gasteiger charge is -2.22. The molecule has 0 aliphatic carbocycles. The van der Waals surface area contributed by atoms with E-state index >= 15 is 0 Å². The van der Waals surface area contributed by atoms with E-state index in [1.807, 2.05) is 37.3 Å². The third-order valence-electron chi connectivity index (χ3n) is 5.18. The summed E-state index contributed by atoms with van der Waals surface area (Å²) in [6, 6.07) is 15.6. The minimum absolute atomic E-state index is 0.0502. The summed E-state index contributed by atoms with van der Waals surface area (Å²) >= 11 is 0. The van der Waals surface area contributed by atoms with Gasteiger partial charge in [-0.1, -0.05) is 29.4 Å². The van der Waals surface area contributed by atoms with E-state index in [1.54, 1.807) is 6.07 Å². The normalized spacial score (nSPS) is 11.1. The third kappa shape index (κ3) is 4.72. The molecule has 0 aliphatic rings. The van der Waals surface area contributed by atoms with E-state index in [0.717, 1.165) is 30.8 Å². The zero-order chi connectivity index (χ0) is 22.5. The third-order valence-corrected chi connectivity index (χ3v) is 5.18. The molecule has 0 spiro atoms. The molecule has 1 amide bonds. The number of benzene rings is 2. The molecule has 0 bridgehead atoms. The number of anilines is 1. The molecule has 9 nitrogen and oxygen atoms in total. The second kappa shape index (κ2) is 9.51. The molecule has 0 unspecified atom stereocenters. The van der Waals surface area contributed by atoms with Gasteiger partial charge in [0.05, 0.1) is 12.1 Å². The second-order valence-corrected chi connectivity index (χ2v) is 7.47. The van der Waals surface area contributed by atoms with Gasteiger partial charge in [0.1, 0.15) is 0 Å². The van der Waals surface area contributed by atoms with Gasteiger partial charge >= 0.3 is 17.6 Å². The summed E-state index contributed by atoms with van der Waals surface area (Å²) in [7, 11) is 0. The van der Waals surface area contributed by atoms with Crippen LogP contribution in [0.5, 0.6) is 0 Å². The molecule has 166 valence electrons. The summed E-state index contributed by atoms with van der Waals surface area (Å²) in [5, 5.41) is 6.64. The summed E-state index contributed by atoms with van der Waals surface area (Å²) in [4.78, 5) is 30.9. The van der Waals surface area contributed by atoms with E-state index < -0.39 is 11.7 Å². The Hall–Kier alpha value is -3.88. The number of hydrogen-bond donors (Lipinski definition) is 1. The molecule has 0 fully saturated rings. The first kappa shape index (κ1) is 21.4. The van der Waals surface area contributed by atoms with Crippen LogP contribution in [-0.4, -0.2) is 40.2 Å². The Balaban J connectivity index is 1.33. The maximum Gasteiger partial charge on any atom is 0.420 e. The Morgan fingerprint density at radius 3 is 2.78 bits per heavy atom. The number of fused-ring (bicyclic) bond motifs is 1. The molecule has 0 saturated heterocycles. The molecule has 9 heteroatoms. The van der Waals surface area contributed by atoms with Gasteiger partial charge in [0.25, 0.3) is 0 Å². The molecular formula is C23H25N5O4. The number of carbonyl (C=O) groups is 1. The van der Waals surface area contributed by atoms with Crippen LogP contribution < -0.4 is 16.0 Å². The maximum absolute atomic E-state index is 12.4. The second-order valence-electron chi connectivity index (χ2n) is 7.47. The van der Waals surface area contributed by atoms with Crippen molar-refractivity contribution in [3.8, 4) is 0 Å². The zero-order valence-electron chi connectivity index (χ0n) is 18.1. The van der Waals surface area contributed by atoms with E-state index in [2.05, 4.69) is 39.4 Å². The average molecular weight is 435 g/mol. The van der Waals surface area contributed by atoms with Gasteiger partial charge in [-0.3, -0.25) is 9.36 Å². The summed E-state index contributed by atoms with van der Waals surface area (Å²) in [6.45, 7) is 6.25. The average Bonchev–Trinajstić information content (AvgIpc) is 3.39. The minimum atomic E-state index is -0.514. The van der Waals surface area contributed by atoms with Gasteiger partial charge in [0.2, 0.25) is 0 Å². The summed E-state index contributed by atoms with van der Waals surface area (Å²) < 4.78 is 11.7. The molecule has 2 aromatic carbocycles. The fourth-order valence-corrected chi connectivity index (χ4v) is 3.53. The largest absolute Gasteiger partial charge is 0.420 e. The number of aryl methyl sites for hydroxylation is 1. The minimum Gasteiger partial charge on any atom is -0.408 e. The van der Waals surface area contributed by atoms with Crippen LogP contribution in [0.2, 0.25) is 0 Å². The van der Waals surface area contributed by atoms with Crippen molar-refractivity contribution in [1.82, 2.24) is 20.0 Å². The number of amides is 1. The van der Waals surface area contributed by atoms with Gasteiger partial charge < -0.3 is 19.2 Å². The number of oxazole rings is 1. The van der Waals surface area contributed by atoms with Crippen molar-refractivity contribution >= 4 is 22.7 Å². The lowest BCUT2D eigenvalue weighted by atomic mass is 10.2. The number of rotatable bonds is 9. The standard InChI is InChI=1S/C23H25N5O4/c1-3-27(17-8-5-4-6-9-17)13-7-12-24-21(29)22-25-20(26-32-22)15-28-18-14-16(2)10-11-19(18)31-23(28)30/h4-6,8-11,14H,3,7,12-13,15H2,1-2H3,(H,24,29). The predicted octanol–water partition coefficient (Wildman–Crippen LogP) is 2.98. The number of para-hydroxylation sites is 1. The molecule has 0 radical (unpaired) electrons. The van der Waals surface area contributed by atoms with Gasteiger partial charge in [-0.05, 0) is 50.1 Å². The SMILES string of the molecule is CCN(CCCNC(=O)c1nc(Cn2c(=O)oc3ccc(C)cc32)no1)c1ccccc1. The first-order chi connectivity index (χ1) is 15.5. The fourth-order valence-electron chi connectivity index (χ4n) is 3.53. The van der Waals surface area contributed by atoms with Gasteiger partial charge in [0.15, 0.2) is 11.4 Å². The van der Waals surface area contributed by atoms with Crippen LogP contribution in [0.1, 0.15) is 35.4 Å². The molecule has 2 aromatic heterocycles. The number of hydrogen-bond acceptors (Lipinski definition) is 7. The van der Waals surface area contributed by atoms with Crippen LogP contribution in [0.3, 0.4) is 0 Å². The number of nitrogens with zero attached hydrogens (tertiary/aromatic N) is 4. The number of aromatic nitrogens is 3. The van der Waals surface area contributed by atoms with Crippen molar-refractivity contribution in [2.45, 2.75) is 26.8 Å². The molecule has 0 saturated carbocycles. The highest BCUT2D eigenvalue weighted by Gasteiger charge is 2.17. The van der Waals surface area contributed by atoms with Crippen LogP contribution in [-0.2, 0) is 6.54 Å². The van der Waals surface area contributed by atoms with Gasteiger partial charge in [-0.15, -0.1) is 0 Å². The Morgan fingerprint density at radius 2 is 2.00 bits per heavy atom. The Bertz CT molecular complexity index is 1260. The highest BCUT2D eigenvalue weighted by molar-refractivity contribution is 5.89. The van der Waals surface area contributed by atoms with Crippen LogP contribution in [0.25, 0.3) is 11.1 Å².